The SMILES string of the molecule is CSC(=S)O/N=C(\N)c1ccccn1. The fourth-order valence-corrected chi connectivity index (χ4v) is 0.834. The van der Waals surface area contributed by atoms with Gasteiger partial charge in [-0.05, 0) is 30.6 Å². The molecule has 0 aromatic carbocycles. The summed E-state index contributed by atoms with van der Waals surface area (Å²) in [4.78, 5) is 8.82. The zero-order valence-corrected chi connectivity index (χ0v) is 9.14. The Hall–Kier alpha value is -1.14. The van der Waals surface area contributed by atoms with Gasteiger partial charge in [-0.25, -0.2) is 0 Å². The number of oxime groups is 1. The molecule has 0 fully saturated rings. The van der Waals surface area contributed by atoms with Gasteiger partial charge in [0.05, 0.1) is 0 Å². The van der Waals surface area contributed by atoms with Crippen LogP contribution in [0.3, 0.4) is 0 Å². The molecule has 1 aromatic heterocycles. The first-order chi connectivity index (χ1) is 6.74. The van der Waals surface area contributed by atoms with Crippen LogP contribution in [0.2, 0.25) is 0 Å². The largest absolute Gasteiger partial charge is 0.379 e. The van der Waals surface area contributed by atoms with E-state index in [2.05, 4.69) is 10.1 Å². The summed E-state index contributed by atoms with van der Waals surface area (Å²) in [5.41, 5.74) is 6.16. The first kappa shape index (κ1) is 10.9. The number of thioether (sulfide) groups is 1. The Morgan fingerprint density at radius 1 is 1.64 bits per heavy atom. The van der Waals surface area contributed by atoms with Crippen molar-refractivity contribution >= 4 is 34.2 Å². The van der Waals surface area contributed by atoms with Crippen LogP contribution in [0.1, 0.15) is 5.69 Å². The van der Waals surface area contributed by atoms with Crippen LogP contribution >= 0.6 is 24.0 Å². The summed E-state index contributed by atoms with van der Waals surface area (Å²) in [6.07, 6.45) is 3.43. The number of pyridine rings is 1. The zero-order valence-electron chi connectivity index (χ0n) is 7.51. The fourth-order valence-electron chi connectivity index (χ4n) is 0.685. The molecule has 6 heteroatoms. The summed E-state index contributed by atoms with van der Waals surface area (Å²) >= 11 is 6.07. The lowest BCUT2D eigenvalue weighted by Gasteiger charge is -1.99. The van der Waals surface area contributed by atoms with Crippen LogP contribution in [0.25, 0.3) is 0 Å². The van der Waals surface area contributed by atoms with E-state index in [1.807, 2.05) is 6.07 Å². The number of nitrogens with two attached hydrogens (primary N) is 1. The summed E-state index contributed by atoms with van der Waals surface area (Å²) in [6, 6.07) is 5.35. The van der Waals surface area contributed by atoms with E-state index in [4.69, 9.17) is 22.8 Å². The Balaban J connectivity index is 2.66. The molecule has 0 aliphatic carbocycles. The molecule has 0 amide bonds. The minimum Gasteiger partial charge on any atom is -0.379 e. The number of rotatable bonds is 2. The maximum absolute atomic E-state index is 5.59. The lowest BCUT2D eigenvalue weighted by molar-refractivity contribution is 0.347. The van der Waals surface area contributed by atoms with Crippen molar-refractivity contribution in [1.29, 1.82) is 0 Å². The van der Waals surface area contributed by atoms with Crippen molar-refractivity contribution in [3.63, 3.8) is 0 Å². The van der Waals surface area contributed by atoms with Gasteiger partial charge < -0.3 is 10.6 Å². The number of amidine groups is 1. The topological polar surface area (TPSA) is 60.5 Å². The second kappa shape index (κ2) is 5.56. The lowest BCUT2D eigenvalue weighted by Crippen LogP contribution is -2.15. The van der Waals surface area contributed by atoms with Gasteiger partial charge in [0.1, 0.15) is 5.69 Å². The number of nitrogens with zero attached hydrogens (tertiary/aromatic N) is 2. The highest BCUT2D eigenvalue weighted by Gasteiger charge is 1.99. The van der Waals surface area contributed by atoms with Crippen molar-refractivity contribution in [2.24, 2.45) is 10.9 Å². The van der Waals surface area contributed by atoms with Gasteiger partial charge in [-0.2, -0.15) is 0 Å². The molecule has 0 radical (unpaired) electrons. The van der Waals surface area contributed by atoms with Crippen molar-refractivity contribution in [2.45, 2.75) is 0 Å². The summed E-state index contributed by atoms with van der Waals surface area (Å²) < 4.78 is 0.323. The average molecular weight is 227 g/mol. The molecule has 0 saturated carbocycles. The first-order valence-electron chi connectivity index (χ1n) is 3.74. The minimum absolute atomic E-state index is 0.210. The third-order valence-corrected chi connectivity index (χ3v) is 2.29. The monoisotopic (exact) mass is 227 g/mol. The molecule has 4 nitrogen and oxygen atoms in total. The predicted octanol–water partition coefficient (Wildman–Crippen LogP) is 1.37. The van der Waals surface area contributed by atoms with Crippen LogP contribution in [0, 0.1) is 0 Å². The second-order valence-corrected chi connectivity index (χ2v) is 3.65. The Morgan fingerprint density at radius 2 is 2.43 bits per heavy atom. The molecule has 1 aromatic rings. The van der Waals surface area contributed by atoms with E-state index in [0.29, 0.717) is 10.1 Å². The normalized spacial score (nSPS) is 11.1. The quantitative estimate of drug-likeness (QED) is 0.358. The average Bonchev–Trinajstić information content (AvgIpc) is 2.26. The zero-order chi connectivity index (χ0) is 10.4. The van der Waals surface area contributed by atoms with Crippen LogP contribution in [0.15, 0.2) is 29.6 Å². The van der Waals surface area contributed by atoms with E-state index in [1.165, 1.54) is 11.8 Å². The molecule has 1 rings (SSSR count). The highest BCUT2D eigenvalue weighted by atomic mass is 32.2. The summed E-state index contributed by atoms with van der Waals surface area (Å²) in [6.45, 7) is 0. The van der Waals surface area contributed by atoms with Crippen molar-refractivity contribution in [1.82, 2.24) is 4.98 Å². The predicted molar refractivity (Wildman–Crippen MR) is 62.2 cm³/mol. The minimum atomic E-state index is 0.210. The Morgan fingerprint density at radius 3 is 3.00 bits per heavy atom. The molecule has 74 valence electrons. The van der Waals surface area contributed by atoms with E-state index >= 15 is 0 Å². The standard InChI is InChI=1S/C8H9N3OS2/c1-14-8(13)12-11-7(9)6-4-2-3-5-10-6/h2-5H,1H3,(H2,9,11). The van der Waals surface area contributed by atoms with Crippen molar-refractivity contribution in [3.05, 3.63) is 30.1 Å². The Kier molecular flexibility index (Phi) is 4.34. The maximum atomic E-state index is 5.59. The van der Waals surface area contributed by atoms with E-state index in [1.54, 1.807) is 24.6 Å². The van der Waals surface area contributed by atoms with Crippen LogP contribution in [0.4, 0.5) is 0 Å². The molecule has 0 aliphatic rings. The molecule has 1 heterocycles. The van der Waals surface area contributed by atoms with Crippen LogP contribution in [-0.4, -0.2) is 21.5 Å². The van der Waals surface area contributed by atoms with Crippen molar-refractivity contribution in [2.75, 3.05) is 6.26 Å². The summed E-state index contributed by atoms with van der Waals surface area (Å²) in [7, 11) is 0. The van der Waals surface area contributed by atoms with Crippen LogP contribution in [0.5, 0.6) is 0 Å². The third kappa shape index (κ3) is 3.31. The molecule has 0 bridgehead atoms. The fraction of sp³-hybridized carbons (Fsp3) is 0.125. The van der Waals surface area contributed by atoms with Gasteiger partial charge in [-0.15, -0.1) is 0 Å². The van der Waals surface area contributed by atoms with Crippen molar-refractivity contribution in [3.8, 4) is 0 Å². The van der Waals surface area contributed by atoms with E-state index in [0.717, 1.165) is 0 Å². The molecular weight excluding hydrogens is 218 g/mol. The van der Waals surface area contributed by atoms with E-state index in [-0.39, 0.29) is 5.84 Å². The number of thiocarbonyl (C=S) groups is 1. The van der Waals surface area contributed by atoms with Gasteiger partial charge in [0.2, 0.25) is 0 Å². The molecule has 0 unspecified atom stereocenters. The number of aromatic nitrogens is 1. The lowest BCUT2D eigenvalue weighted by atomic mass is 10.3. The van der Waals surface area contributed by atoms with Crippen LogP contribution in [-0.2, 0) is 4.84 Å². The molecule has 0 spiro atoms. The first-order valence-corrected chi connectivity index (χ1v) is 5.37. The highest BCUT2D eigenvalue weighted by Crippen LogP contribution is 2.01. The smallest absolute Gasteiger partial charge is 0.255 e. The Bertz CT molecular complexity index is 340. The molecule has 14 heavy (non-hydrogen) atoms. The number of hydrogen-bond donors (Lipinski definition) is 1. The molecular formula is C8H9N3OS2. The highest BCUT2D eigenvalue weighted by molar-refractivity contribution is 8.22. The van der Waals surface area contributed by atoms with E-state index < -0.39 is 0 Å². The molecule has 0 aliphatic heterocycles. The van der Waals surface area contributed by atoms with Crippen LogP contribution < -0.4 is 5.73 Å². The maximum Gasteiger partial charge on any atom is 0.255 e. The van der Waals surface area contributed by atoms with Gasteiger partial charge in [0, 0.05) is 6.20 Å². The molecule has 2 N–H and O–H groups in total. The Labute approximate surface area is 91.5 Å². The van der Waals surface area contributed by atoms with Gasteiger partial charge in [0.15, 0.2) is 5.84 Å². The van der Waals surface area contributed by atoms with E-state index in [9.17, 15) is 0 Å². The van der Waals surface area contributed by atoms with Gasteiger partial charge in [-0.1, -0.05) is 23.0 Å². The second-order valence-electron chi connectivity index (χ2n) is 2.24. The summed E-state index contributed by atoms with van der Waals surface area (Å²) in [5, 5.41) is 3.64. The van der Waals surface area contributed by atoms with Gasteiger partial charge in [-0.3, -0.25) is 4.98 Å². The van der Waals surface area contributed by atoms with Crippen molar-refractivity contribution < 1.29 is 4.84 Å². The molecule has 0 saturated heterocycles. The number of hydrogen-bond acceptors (Lipinski definition) is 5. The summed E-state index contributed by atoms with van der Waals surface area (Å²) in [5.74, 6) is 0.210. The molecule has 0 atom stereocenters. The third-order valence-electron chi connectivity index (χ3n) is 1.31. The van der Waals surface area contributed by atoms with Gasteiger partial charge in [0.25, 0.3) is 4.38 Å². The van der Waals surface area contributed by atoms with Gasteiger partial charge >= 0.3 is 0 Å².